The molecule has 4 heteroatoms. The molecule has 3 rings (SSSR count). The van der Waals surface area contributed by atoms with E-state index in [0.29, 0.717) is 11.3 Å². The number of ether oxygens (including phenoxy) is 1. The lowest BCUT2D eigenvalue weighted by molar-refractivity contribution is 0.0596. The van der Waals surface area contributed by atoms with Gasteiger partial charge in [-0.3, -0.25) is 0 Å². The highest BCUT2D eigenvalue weighted by molar-refractivity contribution is 5.97. The summed E-state index contributed by atoms with van der Waals surface area (Å²) in [5.41, 5.74) is 1.19. The van der Waals surface area contributed by atoms with Crippen LogP contribution in [0.3, 0.4) is 0 Å². The zero-order valence-corrected chi connectivity index (χ0v) is 12.5. The van der Waals surface area contributed by atoms with Crippen molar-refractivity contribution in [3.63, 3.8) is 0 Å². The molecule has 0 aliphatic carbocycles. The first kappa shape index (κ1) is 14.8. The monoisotopic (exact) mass is 306 g/mol. The maximum Gasteiger partial charge on any atom is 0.351 e. The first-order valence-corrected chi connectivity index (χ1v) is 7.08. The van der Waals surface area contributed by atoms with Gasteiger partial charge in [0.25, 0.3) is 0 Å². The lowest BCUT2D eigenvalue weighted by Gasteiger charge is -2.09. The van der Waals surface area contributed by atoms with E-state index in [4.69, 9.17) is 9.15 Å². The normalized spacial score (nSPS) is 10.3. The van der Waals surface area contributed by atoms with Crippen LogP contribution in [-0.4, -0.2) is 13.1 Å². The van der Waals surface area contributed by atoms with Crippen LogP contribution < -0.4 is 5.63 Å². The number of esters is 1. The highest BCUT2D eigenvalue weighted by atomic mass is 16.5. The number of carbonyl (C=O) groups is 1. The van der Waals surface area contributed by atoms with Crippen molar-refractivity contribution in [2.45, 2.75) is 0 Å². The highest BCUT2D eigenvalue weighted by Crippen LogP contribution is 2.27. The molecule has 0 spiro atoms. The topological polar surface area (TPSA) is 56.5 Å². The molecule has 0 bridgehead atoms. The summed E-state index contributed by atoms with van der Waals surface area (Å²) < 4.78 is 10.0. The molecule has 0 N–H and O–H groups in total. The van der Waals surface area contributed by atoms with Gasteiger partial charge in [0.05, 0.1) is 7.11 Å². The molecule has 23 heavy (non-hydrogen) atoms. The van der Waals surface area contributed by atoms with Crippen LogP contribution in [0.4, 0.5) is 0 Å². The van der Waals surface area contributed by atoms with Crippen molar-refractivity contribution in [1.29, 1.82) is 0 Å². The molecule has 3 aromatic rings. The SMILES string of the molecule is COC(=O)c1c(-c2ccccc2)cc(-c2ccccc2)oc1=O. The van der Waals surface area contributed by atoms with Crippen molar-refractivity contribution in [3.05, 3.63) is 82.7 Å². The minimum absolute atomic E-state index is 0.0987. The van der Waals surface area contributed by atoms with E-state index in [1.807, 2.05) is 60.7 Å². The molecule has 0 radical (unpaired) electrons. The molecule has 0 unspecified atom stereocenters. The molecule has 0 saturated carbocycles. The third-order valence-electron chi connectivity index (χ3n) is 3.48. The first-order valence-electron chi connectivity index (χ1n) is 7.08. The quantitative estimate of drug-likeness (QED) is 0.691. The third kappa shape index (κ3) is 2.92. The Balaban J connectivity index is 2.27. The van der Waals surface area contributed by atoms with E-state index < -0.39 is 11.6 Å². The minimum atomic E-state index is -0.711. The molecule has 114 valence electrons. The number of hydrogen-bond acceptors (Lipinski definition) is 4. The maximum absolute atomic E-state index is 12.3. The van der Waals surface area contributed by atoms with Crippen LogP contribution in [0, 0.1) is 0 Å². The Labute approximate surface area is 133 Å². The van der Waals surface area contributed by atoms with E-state index in [1.54, 1.807) is 6.07 Å². The molecule has 0 aliphatic heterocycles. The lowest BCUT2D eigenvalue weighted by Crippen LogP contribution is -2.17. The van der Waals surface area contributed by atoms with Gasteiger partial charge in [-0.1, -0.05) is 60.7 Å². The molecule has 0 saturated heterocycles. The molecule has 1 heterocycles. The second kappa shape index (κ2) is 6.32. The van der Waals surface area contributed by atoms with Crippen molar-refractivity contribution in [2.75, 3.05) is 7.11 Å². The van der Waals surface area contributed by atoms with Crippen LogP contribution in [0.2, 0.25) is 0 Å². The van der Waals surface area contributed by atoms with Gasteiger partial charge in [0.1, 0.15) is 5.76 Å². The number of benzene rings is 2. The van der Waals surface area contributed by atoms with Crippen LogP contribution >= 0.6 is 0 Å². The van der Waals surface area contributed by atoms with E-state index >= 15 is 0 Å². The van der Waals surface area contributed by atoms with Gasteiger partial charge >= 0.3 is 11.6 Å². The van der Waals surface area contributed by atoms with Crippen LogP contribution in [0.15, 0.2) is 75.9 Å². The molecular weight excluding hydrogens is 292 g/mol. The zero-order valence-electron chi connectivity index (χ0n) is 12.5. The van der Waals surface area contributed by atoms with Gasteiger partial charge in [0, 0.05) is 11.1 Å². The Morgan fingerprint density at radius 3 is 2.04 bits per heavy atom. The fourth-order valence-corrected chi connectivity index (χ4v) is 2.38. The predicted molar refractivity (Wildman–Crippen MR) is 87.2 cm³/mol. The summed E-state index contributed by atoms with van der Waals surface area (Å²) in [6, 6.07) is 20.2. The Kier molecular flexibility index (Phi) is 4.06. The van der Waals surface area contributed by atoms with Gasteiger partial charge in [-0.2, -0.15) is 0 Å². The molecule has 4 nitrogen and oxygen atoms in total. The summed E-state index contributed by atoms with van der Waals surface area (Å²) >= 11 is 0. The van der Waals surface area contributed by atoms with Gasteiger partial charge in [-0.25, -0.2) is 9.59 Å². The van der Waals surface area contributed by atoms with Crippen molar-refractivity contribution >= 4 is 5.97 Å². The molecule has 1 aromatic heterocycles. The summed E-state index contributed by atoms with van der Waals surface area (Å²) in [5.74, 6) is -0.306. The Hall–Kier alpha value is -3.14. The summed E-state index contributed by atoms with van der Waals surface area (Å²) in [5, 5.41) is 0. The van der Waals surface area contributed by atoms with Crippen LogP contribution in [0.25, 0.3) is 22.5 Å². The fraction of sp³-hybridized carbons (Fsp3) is 0.0526. The Bertz CT molecular complexity index is 880. The smallest absolute Gasteiger partial charge is 0.351 e. The summed E-state index contributed by atoms with van der Waals surface area (Å²) in [4.78, 5) is 24.3. The summed E-state index contributed by atoms with van der Waals surface area (Å²) in [6.07, 6.45) is 0. The van der Waals surface area contributed by atoms with Crippen molar-refractivity contribution in [3.8, 4) is 22.5 Å². The molecule has 0 atom stereocenters. The number of rotatable bonds is 3. The molecule has 0 amide bonds. The summed E-state index contributed by atoms with van der Waals surface area (Å²) in [6.45, 7) is 0. The molecule has 0 aliphatic rings. The molecule has 2 aromatic carbocycles. The number of carbonyl (C=O) groups excluding carboxylic acids is 1. The Morgan fingerprint density at radius 2 is 1.48 bits per heavy atom. The van der Waals surface area contributed by atoms with E-state index in [-0.39, 0.29) is 5.56 Å². The van der Waals surface area contributed by atoms with Crippen molar-refractivity contribution < 1.29 is 13.9 Å². The van der Waals surface area contributed by atoms with Gasteiger partial charge in [-0.15, -0.1) is 0 Å². The average Bonchev–Trinajstić information content (AvgIpc) is 2.62. The van der Waals surface area contributed by atoms with E-state index in [9.17, 15) is 9.59 Å². The largest absolute Gasteiger partial charge is 0.465 e. The molecular formula is C19H14O4. The van der Waals surface area contributed by atoms with Crippen LogP contribution in [0.5, 0.6) is 0 Å². The maximum atomic E-state index is 12.3. The lowest BCUT2D eigenvalue weighted by atomic mass is 10.00. The average molecular weight is 306 g/mol. The van der Waals surface area contributed by atoms with Gasteiger partial charge in [-0.05, 0) is 11.6 Å². The zero-order chi connectivity index (χ0) is 16.2. The second-order valence-corrected chi connectivity index (χ2v) is 4.91. The van der Waals surface area contributed by atoms with E-state index in [1.165, 1.54) is 7.11 Å². The molecule has 0 fully saturated rings. The minimum Gasteiger partial charge on any atom is -0.465 e. The third-order valence-corrected chi connectivity index (χ3v) is 3.48. The summed E-state index contributed by atoms with van der Waals surface area (Å²) in [7, 11) is 1.24. The van der Waals surface area contributed by atoms with Gasteiger partial charge in [0.2, 0.25) is 0 Å². The number of methoxy groups -OCH3 is 1. The van der Waals surface area contributed by atoms with Crippen molar-refractivity contribution in [1.82, 2.24) is 0 Å². The van der Waals surface area contributed by atoms with Gasteiger partial charge in [0.15, 0.2) is 5.56 Å². The van der Waals surface area contributed by atoms with Crippen LogP contribution in [0.1, 0.15) is 10.4 Å². The second-order valence-electron chi connectivity index (χ2n) is 4.91. The van der Waals surface area contributed by atoms with Gasteiger partial charge < -0.3 is 9.15 Å². The standard InChI is InChI=1S/C19H14O4/c1-22-18(20)17-15(13-8-4-2-5-9-13)12-16(23-19(17)21)14-10-6-3-7-11-14/h2-12H,1H3. The van der Waals surface area contributed by atoms with Crippen molar-refractivity contribution in [2.24, 2.45) is 0 Å². The predicted octanol–water partition coefficient (Wildman–Crippen LogP) is 3.76. The first-order chi connectivity index (χ1) is 11.2. The van der Waals surface area contributed by atoms with Crippen LogP contribution in [-0.2, 0) is 4.74 Å². The highest BCUT2D eigenvalue weighted by Gasteiger charge is 2.21. The number of hydrogen-bond donors (Lipinski definition) is 0. The van der Waals surface area contributed by atoms with E-state index in [2.05, 4.69) is 0 Å². The fourth-order valence-electron chi connectivity index (χ4n) is 2.38. The van der Waals surface area contributed by atoms with E-state index in [0.717, 1.165) is 11.1 Å². The Morgan fingerprint density at radius 1 is 0.913 bits per heavy atom.